The SMILES string of the molecule is Clc1cccc2sc3ccc4c5ccccc5sc4c3c12. The van der Waals surface area contributed by atoms with E-state index in [1.807, 2.05) is 34.8 Å². The lowest BCUT2D eigenvalue weighted by Gasteiger charge is -1.97. The van der Waals surface area contributed by atoms with Gasteiger partial charge in [0.15, 0.2) is 0 Å². The van der Waals surface area contributed by atoms with Crippen molar-refractivity contribution in [2.24, 2.45) is 0 Å². The Morgan fingerprint density at radius 3 is 2.38 bits per heavy atom. The Morgan fingerprint density at radius 2 is 1.43 bits per heavy atom. The van der Waals surface area contributed by atoms with Crippen molar-refractivity contribution in [2.75, 3.05) is 0 Å². The first-order valence-electron chi connectivity index (χ1n) is 6.74. The van der Waals surface area contributed by atoms with Crippen LogP contribution in [0.2, 0.25) is 5.02 Å². The molecule has 0 saturated heterocycles. The number of thiophene rings is 2. The van der Waals surface area contributed by atoms with E-state index in [2.05, 4.69) is 42.5 Å². The van der Waals surface area contributed by atoms with Crippen LogP contribution in [0.1, 0.15) is 0 Å². The first-order chi connectivity index (χ1) is 10.3. The third-order valence-corrected chi connectivity index (χ3v) is 6.59. The predicted octanol–water partition coefficient (Wildman–Crippen LogP) is 7.08. The molecule has 2 aromatic heterocycles. The van der Waals surface area contributed by atoms with Gasteiger partial charge in [0.05, 0.1) is 0 Å². The maximum absolute atomic E-state index is 6.49. The van der Waals surface area contributed by atoms with Gasteiger partial charge in [-0.25, -0.2) is 0 Å². The summed E-state index contributed by atoms with van der Waals surface area (Å²) in [5.41, 5.74) is 0. The fourth-order valence-electron chi connectivity index (χ4n) is 3.04. The van der Waals surface area contributed by atoms with Gasteiger partial charge in [0.25, 0.3) is 0 Å². The summed E-state index contributed by atoms with van der Waals surface area (Å²) in [6.07, 6.45) is 0. The minimum absolute atomic E-state index is 0.851. The van der Waals surface area contributed by atoms with Crippen molar-refractivity contribution in [1.29, 1.82) is 0 Å². The molecular formula is C18H9ClS2. The van der Waals surface area contributed by atoms with Crippen LogP contribution in [-0.2, 0) is 0 Å². The second-order valence-electron chi connectivity index (χ2n) is 5.13. The summed E-state index contributed by atoms with van der Waals surface area (Å²) in [5, 5.41) is 6.05. The van der Waals surface area contributed by atoms with Gasteiger partial charge in [0, 0.05) is 45.4 Å². The first-order valence-corrected chi connectivity index (χ1v) is 8.75. The number of hydrogen-bond acceptors (Lipinski definition) is 2. The van der Waals surface area contributed by atoms with Gasteiger partial charge in [0.2, 0.25) is 0 Å². The van der Waals surface area contributed by atoms with Crippen molar-refractivity contribution < 1.29 is 0 Å². The molecular weight excluding hydrogens is 316 g/mol. The van der Waals surface area contributed by atoms with E-state index in [0.717, 1.165) is 5.02 Å². The number of fused-ring (bicyclic) bond motifs is 7. The Hall–Kier alpha value is -1.61. The zero-order valence-corrected chi connectivity index (χ0v) is 13.3. The molecule has 0 bridgehead atoms. The minimum atomic E-state index is 0.851. The summed E-state index contributed by atoms with van der Waals surface area (Å²) in [6, 6.07) is 19.3. The summed E-state index contributed by atoms with van der Waals surface area (Å²) in [4.78, 5) is 0. The summed E-state index contributed by atoms with van der Waals surface area (Å²) >= 11 is 10.2. The molecule has 0 fully saturated rings. The molecule has 0 aliphatic rings. The molecule has 0 amide bonds. The highest BCUT2D eigenvalue weighted by atomic mass is 35.5. The fraction of sp³-hybridized carbons (Fsp3) is 0. The number of hydrogen-bond donors (Lipinski definition) is 0. The van der Waals surface area contributed by atoms with Crippen LogP contribution in [0.5, 0.6) is 0 Å². The van der Waals surface area contributed by atoms with E-state index in [9.17, 15) is 0 Å². The molecule has 5 rings (SSSR count). The molecule has 0 aliphatic heterocycles. The van der Waals surface area contributed by atoms with Gasteiger partial charge in [-0.15, -0.1) is 22.7 Å². The molecule has 2 heterocycles. The summed E-state index contributed by atoms with van der Waals surface area (Å²) in [5.74, 6) is 0. The van der Waals surface area contributed by atoms with Gasteiger partial charge in [-0.2, -0.15) is 0 Å². The van der Waals surface area contributed by atoms with Crippen LogP contribution >= 0.6 is 34.3 Å². The minimum Gasteiger partial charge on any atom is -0.135 e. The molecule has 3 heteroatoms. The number of halogens is 1. The van der Waals surface area contributed by atoms with Crippen molar-refractivity contribution in [3.05, 3.63) is 59.6 Å². The third kappa shape index (κ3) is 1.55. The Kier molecular flexibility index (Phi) is 2.40. The fourth-order valence-corrected chi connectivity index (χ4v) is 5.83. The van der Waals surface area contributed by atoms with Gasteiger partial charge in [-0.3, -0.25) is 0 Å². The predicted molar refractivity (Wildman–Crippen MR) is 97.2 cm³/mol. The lowest BCUT2D eigenvalue weighted by atomic mass is 10.1. The molecule has 0 N–H and O–H groups in total. The van der Waals surface area contributed by atoms with E-state index in [1.165, 1.54) is 40.3 Å². The van der Waals surface area contributed by atoms with E-state index in [-0.39, 0.29) is 0 Å². The Bertz CT molecular complexity index is 1150. The van der Waals surface area contributed by atoms with E-state index in [1.54, 1.807) is 0 Å². The highest BCUT2D eigenvalue weighted by Gasteiger charge is 2.14. The van der Waals surface area contributed by atoms with E-state index < -0.39 is 0 Å². The third-order valence-electron chi connectivity index (χ3n) is 3.95. The van der Waals surface area contributed by atoms with Crippen LogP contribution < -0.4 is 0 Å². The average Bonchev–Trinajstić information content (AvgIpc) is 3.05. The van der Waals surface area contributed by atoms with Crippen LogP contribution in [0.4, 0.5) is 0 Å². The summed E-state index contributed by atoms with van der Waals surface area (Å²) < 4.78 is 5.28. The second kappa shape index (κ2) is 4.20. The molecule has 5 aromatic rings. The van der Waals surface area contributed by atoms with E-state index in [4.69, 9.17) is 11.6 Å². The van der Waals surface area contributed by atoms with Crippen molar-refractivity contribution in [3.8, 4) is 0 Å². The highest BCUT2D eigenvalue weighted by Crippen LogP contribution is 2.45. The van der Waals surface area contributed by atoms with Crippen molar-refractivity contribution in [2.45, 2.75) is 0 Å². The number of rotatable bonds is 0. The lowest BCUT2D eigenvalue weighted by molar-refractivity contribution is 1.86. The maximum atomic E-state index is 6.49. The highest BCUT2D eigenvalue weighted by molar-refractivity contribution is 7.29. The molecule has 0 saturated carbocycles. The standard InChI is InChI=1S/C18H9ClS2/c19-12-5-3-7-14-16(12)17-15(20-14)9-8-11-10-4-1-2-6-13(10)21-18(11)17/h1-9H. The molecule has 0 nitrogen and oxygen atoms in total. The molecule has 0 radical (unpaired) electrons. The molecule has 100 valence electrons. The normalized spacial score (nSPS) is 12.0. The smallest absolute Gasteiger partial charge is 0.0499 e. The van der Waals surface area contributed by atoms with Crippen molar-refractivity contribution in [1.82, 2.24) is 0 Å². The molecule has 0 aliphatic carbocycles. The van der Waals surface area contributed by atoms with Crippen molar-refractivity contribution in [3.63, 3.8) is 0 Å². The molecule has 21 heavy (non-hydrogen) atoms. The quantitative estimate of drug-likeness (QED) is 0.285. The van der Waals surface area contributed by atoms with Gasteiger partial charge in [-0.1, -0.05) is 41.9 Å². The maximum Gasteiger partial charge on any atom is 0.0499 e. The Morgan fingerprint density at radius 1 is 0.619 bits per heavy atom. The molecule has 0 atom stereocenters. The molecule has 3 aromatic carbocycles. The Balaban J connectivity index is 2.15. The van der Waals surface area contributed by atoms with Gasteiger partial charge in [0.1, 0.15) is 0 Å². The van der Waals surface area contributed by atoms with Crippen LogP contribution in [-0.4, -0.2) is 0 Å². The van der Waals surface area contributed by atoms with E-state index >= 15 is 0 Å². The summed E-state index contributed by atoms with van der Waals surface area (Å²) in [7, 11) is 0. The van der Waals surface area contributed by atoms with Crippen LogP contribution in [0.15, 0.2) is 54.6 Å². The average molecular weight is 325 g/mol. The Labute approximate surface area is 134 Å². The summed E-state index contributed by atoms with van der Waals surface area (Å²) in [6.45, 7) is 0. The largest absolute Gasteiger partial charge is 0.135 e. The lowest BCUT2D eigenvalue weighted by Crippen LogP contribution is -1.70. The van der Waals surface area contributed by atoms with Crippen LogP contribution in [0, 0.1) is 0 Å². The van der Waals surface area contributed by atoms with Crippen LogP contribution in [0.25, 0.3) is 40.3 Å². The van der Waals surface area contributed by atoms with Crippen LogP contribution in [0.3, 0.4) is 0 Å². The van der Waals surface area contributed by atoms with E-state index in [0.29, 0.717) is 0 Å². The topological polar surface area (TPSA) is 0 Å². The molecule has 0 spiro atoms. The second-order valence-corrected chi connectivity index (χ2v) is 7.67. The van der Waals surface area contributed by atoms with Gasteiger partial charge >= 0.3 is 0 Å². The first kappa shape index (κ1) is 12.0. The molecule has 0 unspecified atom stereocenters. The van der Waals surface area contributed by atoms with Crippen molar-refractivity contribution >= 4 is 74.6 Å². The monoisotopic (exact) mass is 324 g/mol. The number of benzene rings is 3. The zero-order valence-electron chi connectivity index (χ0n) is 10.9. The zero-order chi connectivity index (χ0) is 14.0. The van der Waals surface area contributed by atoms with Gasteiger partial charge < -0.3 is 0 Å². The van der Waals surface area contributed by atoms with Gasteiger partial charge in [-0.05, 0) is 24.3 Å².